The molecule has 2 heterocycles. The molecule has 2 fully saturated rings. The highest BCUT2D eigenvalue weighted by Gasteiger charge is 2.56. The molecule has 28 heavy (non-hydrogen) atoms. The number of rotatable bonds is 3. The van der Waals surface area contributed by atoms with Crippen LogP contribution in [0.4, 0.5) is 13.6 Å². The molecule has 3 rings (SSSR count). The molecule has 0 unspecified atom stereocenters. The zero-order valence-corrected chi connectivity index (χ0v) is 14.6. The number of hydrogen-bond acceptors (Lipinski definition) is 5. The summed E-state index contributed by atoms with van der Waals surface area (Å²) in [7, 11) is 0. The molecule has 0 aromatic heterocycles. The number of amides is 2. The highest BCUT2D eigenvalue weighted by atomic mass is 19.1. The van der Waals surface area contributed by atoms with Crippen molar-refractivity contribution >= 4 is 18.0 Å². The molecule has 2 N–H and O–H groups in total. The maximum atomic E-state index is 13.7. The Morgan fingerprint density at radius 2 is 1.68 bits per heavy atom. The van der Waals surface area contributed by atoms with E-state index in [9.17, 15) is 33.4 Å². The minimum absolute atomic E-state index is 0.0522. The van der Waals surface area contributed by atoms with Crippen LogP contribution in [0.1, 0.15) is 11.6 Å². The van der Waals surface area contributed by atoms with Gasteiger partial charge in [0.15, 0.2) is 5.54 Å². The highest BCUT2D eigenvalue weighted by Crippen LogP contribution is 2.36. The molecule has 2 amide bonds. The van der Waals surface area contributed by atoms with Crippen LogP contribution in [0.5, 0.6) is 0 Å². The standard InChI is InChI=1S/C17H18F2N2O7/c18-11-3-10(4-12(19)5-11)13-6-21(16(25)26)17(8-27-1-2-28-9-17)15(24)20(13)7-14(22)23/h3-5,13H,1-2,6-9H2,(H,22,23)(H,25,26)/t13-/m0/s1. The predicted molar refractivity (Wildman–Crippen MR) is 87.5 cm³/mol. The molecule has 9 nitrogen and oxygen atoms in total. The average molecular weight is 400 g/mol. The summed E-state index contributed by atoms with van der Waals surface area (Å²) in [5.74, 6) is -4.08. The number of carbonyl (C=O) groups excluding carboxylic acids is 1. The number of nitrogens with zero attached hydrogens (tertiary/aromatic N) is 2. The number of aliphatic carboxylic acids is 1. The second-order valence-electron chi connectivity index (χ2n) is 6.58. The Morgan fingerprint density at radius 1 is 1.11 bits per heavy atom. The molecule has 1 aromatic carbocycles. The normalized spacial score (nSPS) is 22.2. The van der Waals surface area contributed by atoms with Crippen LogP contribution in [0.3, 0.4) is 0 Å². The molecule has 1 atom stereocenters. The summed E-state index contributed by atoms with van der Waals surface area (Å²) < 4.78 is 38.0. The van der Waals surface area contributed by atoms with Crippen LogP contribution in [-0.2, 0) is 19.1 Å². The van der Waals surface area contributed by atoms with Gasteiger partial charge in [-0.15, -0.1) is 0 Å². The topological polar surface area (TPSA) is 117 Å². The summed E-state index contributed by atoms with van der Waals surface area (Å²) in [5, 5.41) is 18.9. The maximum Gasteiger partial charge on any atom is 0.408 e. The molecule has 0 bridgehead atoms. The SMILES string of the molecule is O=C(O)CN1C(=O)C2(COCCOC2)N(C(=O)O)C[C@H]1c1cc(F)cc(F)c1. The van der Waals surface area contributed by atoms with E-state index in [1.165, 1.54) is 0 Å². The van der Waals surface area contributed by atoms with Crippen LogP contribution in [0, 0.1) is 11.6 Å². The average Bonchev–Trinajstić information content (AvgIpc) is 2.84. The van der Waals surface area contributed by atoms with Gasteiger partial charge in [0, 0.05) is 12.6 Å². The van der Waals surface area contributed by atoms with Gasteiger partial charge in [0.25, 0.3) is 5.91 Å². The van der Waals surface area contributed by atoms with Gasteiger partial charge in [0.2, 0.25) is 0 Å². The van der Waals surface area contributed by atoms with E-state index in [2.05, 4.69) is 0 Å². The van der Waals surface area contributed by atoms with Gasteiger partial charge in [0.1, 0.15) is 18.2 Å². The number of benzene rings is 1. The van der Waals surface area contributed by atoms with E-state index < -0.39 is 54.3 Å². The zero-order valence-electron chi connectivity index (χ0n) is 14.6. The first-order valence-electron chi connectivity index (χ1n) is 8.39. The smallest absolute Gasteiger partial charge is 0.408 e. The summed E-state index contributed by atoms with van der Waals surface area (Å²) in [5.41, 5.74) is -1.83. The lowest BCUT2D eigenvalue weighted by Crippen LogP contribution is -2.71. The first-order chi connectivity index (χ1) is 13.2. The molecule has 0 saturated carbocycles. The first-order valence-corrected chi connectivity index (χ1v) is 8.39. The van der Waals surface area contributed by atoms with Gasteiger partial charge in [-0.05, 0) is 17.7 Å². The van der Waals surface area contributed by atoms with Crippen molar-refractivity contribution in [3.05, 3.63) is 35.4 Å². The Bertz CT molecular complexity index is 775. The van der Waals surface area contributed by atoms with E-state index >= 15 is 0 Å². The monoisotopic (exact) mass is 400 g/mol. The van der Waals surface area contributed by atoms with Crippen LogP contribution >= 0.6 is 0 Å². The van der Waals surface area contributed by atoms with Crippen molar-refractivity contribution < 1.29 is 42.9 Å². The maximum absolute atomic E-state index is 13.7. The van der Waals surface area contributed by atoms with E-state index in [1.807, 2.05) is 0 Å². The lowest BCUT2D eigenvalue weighted by atomic mass is 9.89. The lowest BCUT2D eigenvalue weighted by molar-refractivity contribution is -0.166. The summed E-state index contributed by atoms with van der Waals surface area (Å²) in [6, 6.07) is 1.31. The van der Waals surface area contributed by atoms with Gasteiger partial charge in [0.05, 0.1) is 32.5 Å². The van der Waals surface area contributed by atoms with Gasteiger partial charge in [-0.1, -0.05) is 0 Å². The van der Waals surface area contributed by atoms with E-state index in [0.29, 0.717) is 6.07 Å². The highest BCUT2D eigenvalue weighted by molar-refractivity contribution is 5.93. The van der Waals surface area contributed by atoms with E-state index in [1.54, 1.807) is 0 Å². The number of carbonyl (C=O) groups is 3. The number of hydrogen-bond donors (Lipinski definition) is 2. The van der Waals surface area contributed by atoms with Crippen molar-refractivity contribution in [2.24, 2.45) is 0 Å². The molecule has 0 radical (unpaired) electrons. The Balaban J connectivity index is 2.09. The summed E-state index contributed by atoms with van der Waals surface area (Å²) in [6.07, 6.45) is -1.46. The fourth-order valence-electron chi connectivity index (χ4n) is 3.53. The molecular formula is C17H18F2N2O7. The molecule has 2 saturated heterocycles. The Kier molecular flexibility index (Phi) is 5.47. The van der Waals surface area contributed by atoms with Crippen molar-refractivity contribution in [1.29, 1.82) is 0 Å². The third kappa shape index (κ3) is 3.62. The fourth-order valence-corrected chi connectivity index (χ4v) is 3.53. The number of halogens is 2. The van der Waals surface area contributed by atoms with Crippen molar-refractivity contribution in [3.63, 3.8) is 0 Å². The van der Waals surface area contributed by atoms with Crippen LogP contribution in [0.15, 0.2) is 18.2 Å². The Morgan fingerprint density at radius 3 is 2.18 bits per heavy atom. The van der Waals surface area contributed by atoms with Crippen LogP contribution < -0.4 is 0 Å². The quantitative estimate of drug-likeness (QED) is 0.767. The second kappa shape index (κ2) is 7.68. The Hall–Kier alpha value is -2.79. The van der Waals surface area contributed by atoms with Crippen molar-refractivity contribution in [2.75, 3.05) is 39.5 Å². The van der Waals surface area contributed by atoms with Gasteiger partial charge in [-0.3, -0.25) is 14.5 Å². The van der Waals surface area contributed by atoms with Gasteiger partial charge in [-0.2, -0.15) is 0 Å². The molecule has 0 aliphatic carbocycles. The third-order valence-corrected chi connectivity index (χ3v) is 4.77. The minimum Gasteiger partial charge on any atom is -0.480 e. The molecule has 1 spiro atoms. The lowest BCUT2D eigenvalue weighted by Gasteiger charge is -2.50. The summed E-state index contributed by atoms with van der Waals surface area (Å²) in [4.78, 5) is 38.2. The molecule has 2 aliphatic rings. The molecule has 1 aromatic rings. The molecular weight excluding hydrogens is 382 g/mol. The number of carboxylic acid groups (broad SMARTS) is 2. The minimum atomic E-state index is -1.78. The zero-order chi connectivity index (χ0) is 20.5. The number of ether oxygens (including phenoxy) is 2. The fraction of sp³-hybridized carbons (Fsp3) is 0.471. The predicted octanol–water partition coefficient (Wildman–Crippen LogP) is 0.698. The van der Waals surface area contributed by atoms with E-state index in [0.717, 1.165) is 21.9 Å². The molecule has 11 heteroatoms. The van der Waals surface area contributed by atoms with Gasteiger partial charge in [-0.25, -0.2) is 13.6 Å². The van der Waals surface area contributed by atoms with Gasteiger partial charge < -0.3 is 24.6 Å². The number of piperazine rings is 1. The largest absolute Gasteiger partial charge is 0.480 e. The third-order valence-electron chi connectivity index (χ3n) is 4.77. The Labute approximate surface area is 158 Å². The molecule has 152 valence electrons. The summed E-state index contributed by atoms with van der Waals surface area (Å²) in [6.45, 7) is -1.54. The van der Waals surface area contributed by atoms with E-state index in [-0.39, 0.29) is 32.0 Å². The first kappa shape index (κ1) is 20.0. The second-order valence-corrected chi connectivity index (χ2v) is 6.58. The molecule has 2 aliphatic heterocycles. The van der Waals surface area contributed by atoms with Crippen LogP contribution in [0.2, 0.25) is 0 Å². The van der Waals surface area contributed by atoms with Crippen molar-refractivity contribution in [1.82, 2.24) is 9.80 Å². The van der Waals surface area contributed by atoms with E-state index in [4.69, 9.17) is 9.47 Å². The van der Waals surface area contributed by atoms with Crippen LogP contribution in [0.25, 0.3) is 0 Å². The summed E-state index contributed by atoms with van der Waals surface area (Å²) >= 11 is 0. The van der Waals surface area contributed by atoms with Crippen LogP contribution in [-0.4, -0.2) is 83.0 Å². The van der Waals surface area contributed by atoms with Crippen molar-refractivity contribution in [3.8, 4) is 0 Å². The number of carboxylic acids is 1. The van der Waals surface area contributed by atoms with Crippen molar-refractivity contribution in [2.45, 2.75) is 11.6 Å². The van der Waals surface area contributed by atoms with Gasteiger partial charge >= 0.3 is 12.1 Å².